The van der Waals surface area contributed by atoms with Crippen LogP contribution < -0.4 is 4.74 Å². The summed E-state index contributed by atoms with van der Waals surface area (Å²) in [6, 6.07) is 6.30. The van der Waals surface area contributed by atoms with E-state index in [9.17, 15) is 13.2 Å². The lowest BCUT2D eigenvalue weighted by Gasteiger charge is -2.32. The highest BCUT2D eigenvalue weighted by atomic mass is 32.2. The van der Waals surface area contributed by atoms with Crippen LogP contribution in [0.15, 0.2) is 35.4 Å². The molecule has 1 aliphatic rings. The van der Waals surface area contributed by atoms with Crippen molar-refractivity contribution < 1.29 is 17.9 Å². The molecule has 25 heavy (non-hydrogen) atoms. The summed E-state index contributed by atoms with van der Waals surface area (Å²) in [5.41, 5.74) is 1.28. The molecule has 1 atom stereocenters. The van der Waals surface area contributed by atoms with Gasteiger partial charge in [-0.05, 0) is 37.1 Å². The van der Waals surface area contributed by atoms with Crippen molar-refractivity contribution in [1.29, 1.82) is 0 Å². The van der Waals surface area contributed by atoms with Gasteiger partial charge < -0.3 is 9.64 Å². The summed E-state index contributed by atoms with van der Waals surface area (Å²) < 4.78 is 28.9. The van der Waals surface area contributed by atoms with Crippen LogP contribution in [0.1, 0.15) is 34.8 Å². The summed E-state index contributed by atoms with van der Waals surface area (Å²) >= 11 is 0. The smallest absolute Gasteiger partial charge is 0.257 e. The maximum absolute atomic E-state index is 13.0. The van der Waals surface area contributed by atoms with Gasteiger partial charge >= 0.3 is 0 Å². The van der Waals surface area contributed by atoms with E-state index in [1.54, 1.807) is 11.1 Å². The number of carbonyl (C=O) groups excluding carboxylic acids is 1. The minimum Gasteiger partial charge on any atom is -0.496 e. The lowest BCUT2D eigenvalue weighted by molar-refractivity contribution is 0.0702. The first-order valence-corrected chi connectivity index (χ1v) is 9.96. The number of likely N-dealkylation sites (tertiary alicyclic amines) is 1. The van der Waals surface area contributed by atoms with Gasteiger partial charge in [-0.2, -0.15) is 5.10 Å². The van der Waals surface area contributed by atoms with Crippen molar-refractivity contribution in [3.8, 4) is 5.75 Å². The Bertz CT molecular complexity index is 862. The van der Waals surface area contributed by atoms with Crippen LogP contribution in [0.3, 0.4) is 0 Å². The first-order valence-electron chi connectivity index (χ1n) is 8.07. The molecular weight excluding hydrogens is 342 g/mol. The first kappa shape index (κ1) is 17.5. The number of nitrogens with one attached hydrogen (secondary N) is 1. The minimum absolute atomic E-state index is 0.110. The van der Waals surface area contributed by atoms with Crippen LogP contribution in [0, 0.1) is 0 Å². The molecule has 0 radical (unpaired) electrons. The van der Waals surface area contributed by atoms with Crippen LogP contribution in [0.5, 0.6) is 5.75 Å². The van der Waals surface area contributed by atoms with Gasteiger partial charge in [0.05, 0.1) is 17.6 Å². The Kier molecular flexibility index (Phi) is 4.80. The number of H-pyrrole nitrogens is 1. The molecule has 1 unspecified atom stereocenters. The van der Waals surface area contributed by atoms with E-state index in [-0.39, 0.29) is 22.3 Å². The number of amides is 1. The van der Waals surface area contributed by atoms with Gasteiger partial charge in [0.2, 0.25) is 0 Å². The molecular formula is C17H21N3O4S. The van der Waals surface area contributed by atoms with Crippen molar-refractivity contribution in [3.05, 3.63) is 41.7 Å². The summed E-state index contributed by atoms with van der Waals surface area (Å²) in [4.78, 5) is 14.9. The van der Waals surface area contributed by atoms with Gasteiger partial charge in [-0.25, -0.2) is 8.42 Å². The molecule has 3 rings (SSSR count). The number of aromatic amines is 1. The van der Waals surface area contributed by atoms with Crippen molar-refractivity contribution >= 4 is 15.7 Å². The van der Waals surface area contributed by atoms with E-state index in [0.717, 1.165) is 24.8 Å². The average Bonchev–Trinajstić information content (AvgIpc) is 3.14. The highest BCUT2D eigenvalue weighted by molar-refractivity contribution is 7.90. The van der Waals surface area contributed by atoms with Crippen LogP contribution in [0.2, 0.25) is 0 Å². The lowest BCUT2D eigenvalue weighted by atomic mass is 9.94. The highest BCUT2D eigenvalue weighted by Gasteiger charge is 2.28. The second-order valence-corrected chi connectivity index (χ2v) is 8.25. The largest absolute Gasteiger partial charge is 0.496 e. The number of nitrogens with zero attached hydrogens (tertiary/aromatic N) is 2. The molecule has 2 heterocycles. The molecule has 1 aromatic heterocycles. The van der Waals surface area contributed by atoms with E-state index in [0.29, 0.717) is 18.8 Å². The normalized spacial score (nSPS) is 18.2. The number of ether oxygens (including phenoxy) is 1. The van der Waals surface area contributed by atoms with E-state index in [1.807, 2.05) is 6.07 Å². The molecule has 0 aliphatic carbocycles. The van der Waals surface area contributed by atoms with Crippen LogP contribution in [-0.2, 0) is 9.84 Å². The quantitative estimate of drug-likeness (QED) is 0.895. The molecule has 0 bridgehead atoms. The minimum atomic E-state index is -3.40. The number of carbonyl (C=O) groups is 1. The second-order valence-electron chi connectivity index (χ2n) is 6.24. The van der Waals surface area contributed by atoms with Gasteiger partial charge in [0.15, 0.2) is 9.84 Å². The zero-order valence-corrected chi connectivity index (χ0v) is 15.0. The van der Waals surface area contributed by atoms with E-state index in [2.05, 4.69) is 10.2 Å². The number of sulfone groups is 1. The van der Waals surface area contributed by atoms with Crippen LogP contribution in [0.25, 0.3) is 0 Å². The fourth-order valence-electron chi connectivity index (χ4n) is 3.16. The summed E-state index contributed by atoms with van der Waals surface area (Å²) in [5, 5.41) is 6.94. The fraction of sp³-hybridized carbons (Fsp3) is 0.412. The summed E-state index contributed by atoms with van der Waals surface area (Å²) in [6.07, 6.45) is 4.68. The van der Waals surface area contributed by atoms with Crippen molar-refractivity contribution in [2.24, 2.45) is 0 Å². The van der Waals surface area contributed by atoms with Crippen molar-refractivity contribution in [2.45, 2.75) is 23.7 Å². The molecule has 134 valence electrons. The number of methoxy groups -OCH3 is 1. The average molecular weight is 363 g/mol. The SMILES string of the molecule is COc1ccc(S(C)(=O)=O)cc1C(=O)N1CCCC(c2ccn[nH]2)C1. The Labute approximate surface area is 146 Å². The summed E-state index contributed by atoms with van der Waals surface area (Å²) in [7, 11) is -1.93. The third-order valence-electron chi connectivity index (χ3n) is 4.50. The molecule has 7 nitrogen and oxygen atoms in total. The van der Waals surface area contributed by atoms with Gasteiger partial charge in [0.1, 0.15) is 5.75 Å². The lowest BCUT2D eigenvalue weighted by Crippen LogP contribution is -2.39. The first-order chi connectivity index (χ1) is 11.9. The second kappa shape index (κ2) is 6.87. The monoisotopic (exact) mass is 363 g/mol. The Balaban J connectivity index is 1.89. The number of hydrogen-bond acceptors (Lipinski definition) is 5. The maximum atomic E-state index is 13.0. The van der Waals surface area contributed by atoms with Gasteiger partial charge in [0, 0.05) is 37.2 Å². The number of benzene rings is 1. The van der Waals surface area contributed by atoms with Gasteiger partial charge in [-0.3, -0.25) is 9.89 Å². The highest BCUT2D eigenvalue weighted by Crippen LogP contribution is 2.29. The van der Waals surface area contributed by atoms with Crippen LogP contribution in [-0.4, -0.2) is 55.9 Å². The molecule has 2 aromatic rings. The molecule has 0 spiro atoms. The zero-order chi connectivity index (χ0) is 18.0. The van der Waals surface area contributed by atoms with Crippen molar-refractivity contribution in [3.63, 3.8) is 0 Å². The Morgan fingerprint density at radius 2 is 2.16 bits per heavy atom. The molecule has 8 heteroatoms. The van der Waals surface area contributed by atoms with Crippen LogP contribution >= 0.6 is 0 Å². The van der Waals surface area contributed by atoms with E-state index in [1.165, 1.54) is 25.3 Å². The predicted octanol–water partition coefficient (Wildman–Crippen LogP) is 1.84. The predicted molar refractivity (Wildman–Crippen MR) is 92.6 cm³/mol. The fourth-order valence-corrected chi connectivity index (χ4v) is 3.81. The molecule has 1 fully saturated rings. The molecule has 1 aliphatic heterocycles. The zero-order valence-electron chi connectivity index (χ0n) is 14.2. The Hall–Kier alpha value is -2.35. The third-order valence-corrected chi connectivity index (χ3v) is 5.61. The topological polar surface area (TPSA) is 92.4 Å². The maximum Gasteiger partial charge on any atom is 0.257 e. The molecule has 1 saturated heterocycles. The Morgan fingerprint density at radius 3 is 2.80 bits per heavy atom. The van der Waals surface area contributed by atoms with Crippen molar-refractivity contribution in [1.82, 2.24) is 15.1 Å². The van der Waals surface area contributed by atoms with E-state index >= 15 is 0 Å². The standard InChI is InChI=1S/C17H21N3O4S/c1-24-16-6-5-13(25(2,22)23)10-14(16)17(21)20-9-3-4-12(11-20)15-7-8-18-19-15/h5-8,10,12H,3-4,9,11H2,1-2H3,(H,18,19). The van der Waals surface area contributed by atoms with Gasteiger partial charge in [-0.15, -0.1) is 0 Å². The molecule has 0 saturated carbocycles. The van der Waals surface area contributed by atoms with Gasteiger partial charge in [-0.1, -0.05) is 0 Å². The van der Waals surface area contributed by atoms with Crippen LogP contribution in [0.4, 0.5) is 0 Å². The number of aromatic nitrogens is 2. The van der Waals surface area contributed by atoms with Gasteiger partial charge in [0.25, 0.3) is 5.91 Å². The molecule has 1 N–H and O–H groups in total. The van der Waals surface area contributed by atoms with Crippen molar-refractivity contribution in [2.75, 3.05) is 26.5 Å². The third kappa shape index (κ3) is 3.68. The number of piperidine rings is 1. The summed E-state index contributed by atoms with van der Waals surface area (Å²) in [5.74, 6) is 0.358. The molecule has 1 aromatic carbocycles. The number of hydrogen-bond donors (Lipinski definition) is 1. The van der Waals surface area contributed by atoms with E-state index in [4.69, 9.17) is 4.74 Å². The Morgan fingerprint density at radius 1 is 1.36 bits per heavy atom. The summed E-state index contributed by atoms with van der Waals surface area (Å²) in [6.45, 7) is 1.20. The van der Waals surface area contributed by atoms with E-state index < -0.39 is 9.84 Å². The molecule has 1 amide bonds. The number of rotatable bonds is 4.